The Hall–Kier alpha value is -2.74. The van der Waals surface area contributed by atoms with Crippen LogP contribution in [0.4, 0.5) is 0 Å². The first-order valence-corrected chi connectivity index (χ1v) is 6.17. The quantitative estimate of drug-likeness (QED) is 0.587. The van der Waals surface area contributed by atoms with Crippen molar-refractivity contribution >= 4 is 22.8 Å². The van der Waals surface area contributed by atoms with Gasteiger partial charge >= 0.3 is 5.97 Å². The number of rotatable bonds is 3. The maximum absolute atomic E-state index is 11.2. The highest BCUT2D eigenvalue weighted by atomic mass is 16.4. The second-order valence-corrected chi connectivity index (χ2v) is 4.26. The van der Waals surface area contributed by atoms with Gasteiger partial charge in [0.15, 0.2) is 0 Å². The number of carboxylic acids is 1. The monoisotopic (exact) mass is 270 g/mol. The van der Waals surface area contributed by atoms with E-state index in [0.717, 1.165) is 10.9 Å². The van der Waals surface area contributed by atoms with E-state index in [1.54, 1.807) is 0 Å². The minimum Gasteiger partial charge on any atom is -0.477 e. The summed E-state index contributed by atoms with van der Waals surface area (Å²) in [5.41, 5.74) is 1.32. The Balaban J connectivity index is 2.28. The Kier molecular flexibility index (Phi) is 4.06. The Morgan fingerprint density at radius 2 is 2.10 bits per heavy atom. The van der Waals surface area contributed by atoms with Gasteiger partial charge in [0.25, 0.3) is 0 Å². The largest absolute Gasteiger partial charge is 0.477 e. The molecule has 0 aliphatic heterocycles. The van der Waals surface area contributed by atoms with Gasteiger partial charge in [-0.15, -0.1) is 0 Å². The van der Waals surface area contributed by atoms with E-state index in [9.17, 15) is 14.7 Å². The lowest BCUT2D eigenvalue weighted by molar-refractivity contribution is -0.118. The van der Waals surface area contributed by atoms with Gasteiger partial charge in [0.1, 0.15) is 5.69 Å². The van der Waals surface area contributed by atoms with Crippen molar-refractivity contribution in [2.24, 2.45) is 0 Å². The number of aromatic carboxylic acids is 1. The smallest absolute Gasteiger partial charge is 0.353 e. The fourth-order valence-corrected chi connectivity index (χ4v) is 1.88. The lowest BCUT2D eigenvalue weighted by Gasteiger charge is -1.95. The van der Waals surface area contributed by atoms with Crippen molar-refractivity contribution in [1.82, 2.24) is 10.3 Å². The van der Waals surface area contributed by atoms with Gasteiger partial charge in [0, 0.05) is 30.8 Å². The third-order valence-electron chi connectivity index (χ3n) is 2.76. The molecule has 1 heterocycles. The lowest BCUT2D eigenvalue weighted by Crippen LogP contribution is -2.20. The van der Waals surface area contributed by atoms with Gasteiger partial charge in [0.2, 0.25) is 5.91 Å². The number of hydrogen-bond acceptors (Lipinski definition) is 2. The highest BCUT2D eigenvalue weighted by Gasteiger charge is 2.14. The van der Waals surface area contributed by atoms with Crippen LogP contribution in [-0.4, -0.2) is 28.5 Å². The van der Waals surface area contributed by atoms with Gasteiger partial charge < -0.3 is 15.4 Å². The summed E-state index contributed by atoms with van der Waals surface area (Å²) in [6.45, 7) is 1.89. The van der Waals surface area contributed by atoms with Crippen LogP contribution in [0.5, 0.6) is 0 Å². The van der Waals surface area contributed by atoms with Gasteiger partial charge in [-0.2, -0.15) is 0 Å². The molecule has 5 heteroatoms. The van der Waals surface area contributed by atoms with Crippen LogP contribution in [0.15, 0.2) is 24.3 Å². The summed E-state index contributed by atoms with van der Waals surface area (Å²) in [6, 6.07) is 7.31. The summed E-state index contributed by atoms with van der Waals surface area (Å²) in [5, 5.41) is 12.6. The van der Waals surface area contributed by atoms with Crippen LogP contribution >= 0.6 is 0 Å². The van der Waals surface area contributed by atoms with Crippen molar-refractivity contribution < 1.29 is 14.7 Å². The van der Waals surface area contributed by atoms with E-state index in [0.29, 0.717) is 18.5 Å². The summed E-state index contributed by atoms with van der Waals surface area (Å²) in [7, 11) is 0. The minimum absolute atomic E-state index is 0.0956. The van der Waals surface area contributed by atoms with Crippen LogP contribution in [0.1, 0.15) is 29.4 Å². The summed E-state index contributed by atoms with van der Waals surface area (Å²) < 4.78 is 0. The maximum atomic E-state index is 11.2. The van der Waals surface area contributed by atoms with Gasteiger partial charge in [-0.1, -0.05) is 30.0 Å². The number of carbonyl (C=O) groups is 2. The van der Waals surface area contributed by atoms with Crippen molar-refractivity contribution in [1.29, 1.82) is 0 Å². The summed E-state index contributed by atoms with van der Waals surface area (Å²) in [6.07, 6.45) is 0.470. The van der Waals surface area contributed by atoms with Crippen LogP contribution in [0.2, 0.25) is 0 Å². The van der Waals surface area contributed by atoms with Crippen molar-refractivity contribution in [2.45, 2.75) is 13.3 Å². The average molecular weight is 270 g/mol. The fourth-order valence-electron chi connectivity index (χ4n) is 1.88. The zero-order valence-corrected chi connectivity index (χ0v) is 11.0. The second kappa shape index (κ2) is 5.93. The predicted molar refractivity (Wildman–Crippen MR) is 75.4 cm³/mol. The number of aromatic nitrogens is 1. The fraction of sp³-hybridized carbons (Fsp3) is 0.200. The zero-order chi connectivity index (χ0) is 14.5. The Labute approximate surface area is 116 Å². The molecule has 0 spiro atoms. The number of benzene rings is 1. The average Bonchev–Trinajstić information content (AvgIpc) is 2.77. The summed E-state index contributed by atoms with van der Waals surface area (Å²) in [4.78, 5) is 24.8. The number of H-pyrrole nitrogens is 1. The molecule has 102 valence electrons. The van der Waals surface area contributed by atoms with E-state index < -0.39 is 5.97 Å². The van der Waals surface area contributed by atoms with E-state index in [2.05, 4.69) is 22.1 Å². The number of hydrogen-bond donors (Lipinski definition) is 3. The van der Waals surface area contributed by atoms with E-state index in [-0.39, 0.29) is 11.6 Å². The number of amides is 1. The summed E-state index contributed by atoms with van der Waals surface area (Å²) >= 11 is 0. The first-order chi connectivity index (χ1) is 9.59. The molecule has 0 saturated carbocycles. The number of nitrogens with one attached hydrogen (secondary N) is 2. The highest BCUT2D eigenvalue weighted by Crippen LogP contribution is 2.21. The predicted octanol–water partition coefficient (Wildman–Crippen LogP) is 1.74. The minimum atomic E-state index is -1.03. The Morgan fingerprint density at radius 3 is 2.80 bits per heavy atom. The van der Waals surface area contributed by atoms with Crippen LogP contribution in [0, 0.1) is 11.8 Å². The molecular formula is C15H14N2O3. The lowest BCUT2D eigenvalue weighted by atomic mass is 10.1. The van der Waals surface area contributed by atoms with Crippen molar-refractivity contribution in [3.63, 3.8) is 0 Å². The molecule has 2 rings (SSSR count). The van der Waals surface area contributed by atoms with Crippen molar-refractivity contribution in [3.05, 3.63) is 35.5 Å². The zero-order valence-electron chi connectivity index (χ0n) is 11.0. The Bertz CT molecular complexity index is 720. The van der Waals surface area contributed by atoms with Crippen molar-refractivity contribution in [3.8, 4) is 11.8 Å². The molecule has 0 saturated heterocycles. The van der Waals surface area contributed by atoms with Crippen molar-refractivity contribution in [2.75, 3.05) is 6.54 Å². The van der Waals surface area contributed by atoms with E-state index in [1.807, 2.05) is 24.3 Å². The van der Waals surface area contributed by atoms with Gasteiger partial charge in [-0.3, -0.25) is 4.79 Å². The molecule has 0 aliphatic rings. The molecule has 1 aromatic carbocycles. The topological polar surface area (TPSA) is 82.2 Å². The van der Waals surface area contributed by atoms with Crippen LogP contribution in [-0.2, 0) is 4.79 Å². The van der Waals surface area contributed by atoms with E-state index in [4.69, 9.17) is 0 Å². The molecule has 1 amide bonds. The van der Waals surface area contributed by atoms with Crippen LogP contribution in [0.3, 0.4) is 0 Å². The first-order valence-electron chi connectivity index (χ1n) is 6.17. The molecule has 20 heavy (non-hydrogen) atoms. The highest BCUT2D eigenvalue weighted by molar-refractivity contribution is 5.99. The molecule has 2 aromatic rings. The molecule has 5 nitrogen and oxygen atoms in total. The number of carbonyl (C=O) groups excluding carboxylic acids is 1. The third kappa shape index (κ3) is 2.98. The Morgan fingerprint density at radius 1 is 1.35 bits per heavy atom. The molecule has 0 atom stereocenters. The standard InChI is InChI=1S/C15H14N2O3/c1-10(18)16-9-5-4-7-12-11-6-2-3-8-13(11)17-14(12)15(19)20/h2-3,6,8,17H,5,9H2,1H3,(H,16,18)(H,19,20). The van der Waals surface area contributed by atoms with Gasteiger partial charge in [0.05, 0.1) is 5.56 Å². The van der Waals surface area contributed by atoms with E-state index >= 15 is 0 Å². The van der Waals surface area contributed by atoms with Crippen LogP contribution < -0.4 is 5.32 Å². The molecule has 0 fully saturated rings. The third-order valence-corrected chi connectivity index (χ3v) is 2.76. The molecule has 0 unspecified atom stereocenters. The van der Waals surface area contributed by atoms with Gasteiger partial charge in [-0.05, 0) is 6.07 Å². The maximum Gasteiger partial charge on any atom is 0.353 e. The van der Waals surface area contributed by atoms with E-state index in [1.165, 1.54) is 6.92 Å². The first kappa shape index (κ1) is 13.7. The number of para-hydroxylation sites is 1. The number of carboxylic acid groups (broad SMARTS) is 1. The normalized spacial score (nSPS) is 9.85. The number of fused-ring (bicyclic) bond motifs is 1. The van der Waals surface area contributed by atoms with Crippen LogP contribution in [0.25, 0.3) is 10.9 Å². The molecule has 3 N–H and O–H groups in total. The molecule has 0 aliphatic carbocycles. The number of aromatic amines is 1. The summed E-state index contributed by atoms with van der Waals surface area (Å²) in [5.74, 6) is 4.62. The van der Waals surface area contributed by atoms with Gasteiger partial charge in [-0.25, -0.2) is 4.79 Å². The molecular weight excluding hydrogens is 256 g/mol. The SMILES string of the molecule is CC(=O)NCCC#Cc1c(C(=O)O)[nH]c2ccccc12. The molecule has 0 radical (unpaired) electrons. The second-order valence-electron chi connectivity index (χ2n) is 4.26. The molecule has 1 aromatic heterocycles. The molecule has 0 bridgehead atoms.